The first-order valence-electron chi connectivity index (χ1n) is 8.85. The van der Waals surface area contributed by atoms with Gasteiger partial charge in [-0.1, -0.05) is 6.42 Å². The van der Waals surface area contributed by atoms with Crippen LogP contribution in [-0.2, 0) is 6.54 Å². The summed E-state index contributed by atoms with van der Waals surface area (Å²) in [6, 6.07) is 0.506. The zero-order valence-corrected chi connectivity index (χ0v) is 14.2. The van der Waals surface area contributed by atoms with Crippen molar-refractivity contribution in [1.82, 2.24) is 19.8 Å². The van der Waals surface area contributed by atoms with Crippen molar-refractivity contribution < 1.29 is 5.11 Å². The summed E-state index contributed by atoms with van der Waals surface area (Å²) in [7, 11) is 2.16. The molecule has 0 amide bonds. The Kier molecular flexibility index (Phi) is 5.80. The third kappa shape index (κ3) is 4.40. The van der Waals surface area contributed by atoms with Crippen molar-refractivity contribution in [3.05, 3.63) is 18.0 Å². The van der Waals surface area contributed by atoms with E-state index in [0.29, 0.717) is 6.04 Å². The molecule has 23 heavy (non-hydrogen) atoms. The van der Waals surface area contributed by atoms with E-state index in [1.54, 1.807) is 0 Å². The molecule has 1 atom stereocenters. The fraction of sp³-hybridized carbons (Fsp3) is 0.765. The molecular weight excluding hydrogens is 290 g/mol. The van der Waals surface area contributed by atoms with Crippen LogP contribution in [0.2, 0.25) is 0 Å². The number of aliphatic hydroxyl groups is 1. The molecular formula is C17H29N5O. The molecule has 1 aromatic rings. The van der Waals surface area contributed by atoms with Crippen molar-refractivity contribution in [1.29, 1.82) is 0 Å². The summed E-state index contributed by atoms with van der Waals surface area (Å²) in [6.07, 6.45) is 8.56. The molecule has 0 spiro atoms. The van der Waals surface area contributed by atoms with Crippen LogP contribution in [0.3, 0.4) is 0 Å². The average Bonchev–Trinajstić information content (AvgIpc) is 2.58. The van der Waals surface area contributed by atoms with Crippen LogP contribution in [0.1, 0.15) is 31.2 Å². The summed E-state index contributed by atoms with van der Waals surface area (Å²) in [5.41, 5.74) is 1.17. The first kappa shape index (κ1) is 16.6. The number of hydrogen-bond acceptors (Lipinski definition) is 6. The molecule has 1 aromatic heterocycles. The van der Waals surface area contributed by atoms with Crippen LogP contribution in [0.25, 0.3) is 0 Å². The van der Waals surface area contributed by atoms with Crippen LogP contribution < -0.4 is 4.90 Å². The second-order valence-electron chi connectivity index (χ2n) is 6.81. The maximum atomic E-state index is 9.24. The Morgan fingerprint density at radius 3 is 2.52 bits per heavy atom. The van der Waals surface area contributed by atoms with Gasteiger partial charge in [-0.15, -0.1) is 0 Å². The molecule has 0 radical (unpaired) electrons. The van der Waals surface area contributed by atoms with Crippen molar-refractivity contribution in [2.75, 3.05) is 51.3 Å². The van der Waals surface area contributed by atoms with Gasteiger partial charge in [0.05, 0.1) is 0 Å². The van der Waals surface area contributed by atoms with E-state index in [-0.39, 0.29) is 6.61 Å². The number of hydrogen-bond donors (Lipinski definition) is 1. The third-order valence-corrected chi connectivity index (χ3v) is 5.07. The molecule has 2 aliphatic rings. The fourth-order valence-electron chi connectivity index (χ4n) is 3.58. The van der Waals surface area contributed by atoms with Crippen LogP contribution in [-0.4, -0.2) is 77.3 Å². The molecule has 3 rings (SSSR count). The van der Waals surface area contributed by atoms with Gasteiger partial charge >= 0.3 is 0 Å². The van der Waals surface area contributed by atoms with Crippen LogP contribution in [0.15, 0.2) is 12.4 Å². The Morgan fingerprint density at radius 1 is 1.09 bits per heavy atom. The summed E-state index contributed by atoms with van der Waals surface area (Å²) in [5, 5.41) is 9.24. The minimum absolute atomic E-state index is 0.278. The monoisotopic (exact) mass is 319 g/mol. The Balaban J connectivity index is 1.58. The van der Waals surface area contributed by atoms with Gasteiger partial charge in [0, 0.05) is 63.3 Å². The summed E-state index contributed by atoms with van der Waals surface area (Å²) < 4.78 is 0. The minimum Gasteiger partial charge on any atom is -0.396 e. The molecule has 2 aliphatic heterocycles. The summed E-state index contributed by atoms with van der Waals surface area (Å²) >= 11 is 0. The van der Waals surface area contributed by atoms with Gasteiger partial charge in [0.15, 0.2) is 0 Å². The van der Waals surface area contributed by atoms with Gasteiger partial charge in [0.25, 0.3) is 0 Å². The highest BCUT2D eigenvalue weighted by Gasteiger charge is 2.22. The first-order chi connectivity index (χ1) is 11.3. The Hall–Kier alpha value is -1.24. The Bertz CT molecular complexity index is 470. The number of piperazine rings is 1. The van der Waals surface area contributed by atoms with Gasteiger partial charge in [0.1, 0.15) is 0 Å². The number of piperidine rings is 1. The average molecular weight is 319 g/mol. The number of likely N-dealkylation sites (N-methyl/N-ethyl adjacent to an activating group) is 1. The fourth-order valence-corrected chi connectivity index (χ4v) is 3.58. The van der Waals surface area contributed by atoms with E-state index in [1.165, 1.54) is 24.8 Å². The van der Waals surface area contributed by atoms with Crippen molar-refractivity contribution in [2.24, 2.45) is 0 Å². The molecule has 3 heterocycles. The van der Waals surface area contributed by atoms with Crippen LogP contribution >= 0.6 is 0 Å². The molecule has 1 unspecified atom stereocenters. The lowest BCUT2D eigenvalue weighted by Gasteiger charge is -2.35. The van der Waals surface area contributed by atoms with Crippen molar-refractivity contribution in [2.45, 2.75) is 38.3 Å². The number of aromatic nitrogens is 2. The molecule has 0 saturated carbocycles. The predicted molar refractivity (Wildman–Crippen MR) is 91.5 cm³/mol. The number of nitrogens with zero attached hydrogens (tertiary/aromatic N) is 5. The van der Waals surface area contributed by atoms with Crippen molar-refractivity contribution in [3.63, 3.8) is 0 Å². The van der Waals surface area contributed by atoms with Gasteiger partial charge in [-0.25, -0.2) is 9.97 Å². The highest BCUT2D eigenvalue weighted by molar-refractivity contribution is 5.30. The lowest BCUT2D eigenvalue weighted by molar-refractivity contribution is 0.112. The predicted octanol–water partition coefficient (Wildman–Crippen LogP) is 0.965. The minimum atomic E-state index is 0.278. The number of anilines is 1. The lowest BCUT2D eigenvalue weighted by Crippen LogP contribution is -2.45. The number of rotatable bonds is 5. The van der Waals surface area contributed by atoms with Crippen LogP contribution in [0, 0.1) is 0 Å². The second kappa shape index (κ2) is 8.04. The Morgan fingerprint density at radius 2 is 1.83 bits per heavy atom. The highest BCUT2D eigenvalue weighted by Crippen LogP contribution is 2.21. The van der Waals surface area contributed by atoms with Gasteiger partial charge in [0.2, 0.25) is 5.95 Å². The van der Waals surface area contributed by atoms with Gasteiger partial charge in [-0.3, -0.25) is 4.90 Å². The summed E-state index contributed by atoms with van der Waals surface area (Å²) in [6.45, 7) is 6.43. The van der Waals surface area contributed by atoms with E-state index in [2.05, 4.69) is 31.7 Å². The van der Waals surface area contributed by atoms with Gasteiger partial charge in [-0.2, -0.15) is 0 Å². The van der Waals surface area contributed by atoms with Gasteiger partial charge < -0.3 is 14.9 Å². The third-order valence-electron chi connectivity index (χ3n) is 5.07. The molecule has 2 fully saturated rings. The maximum absolute atomic E-state index is 9.24. The van der Waals surface area contributed by atoms with E-state index in [4.69, 9.17) is 0 Å². The van der Waals surface area contributed by atoms with E-state index in [1.807, 2.05) is 12.4 Å². The summed E-state index contributed by atoms with van der Waals surface area (Å²) in [5.74, 6) is 0.854. The molecule has 0 aromatic carbocycles. The first-order valence-corrected chi connectivity index (χ1v) is 8.85. The molecule has 0 bridgehead atoms. The quantitative estimate of drug-likeness (QED) is 0.873. The molecule has 0 aliphatic carbocycles. The Labute approximate surface area is 139 Å². The zero-order valence-electron chi connectivity index (χ0n) is 14.2. The van der Waals surface area contributed by atoms with Crippen molar-refractivity contribution in [3.8, 4) is 0 Å². The number of aliphatic hydroxyl groups excluding tert-OH is 1. The standard InChI is InChI=1S/C17H29N5O/c1-20-7-9-21(10-8-20)17-18-12-15(13-19-17)14-22-6-3-2-4-16(22)5-11-23/h12-13,16,23H,2-11,14H2,1H3. The van der Waals surface area contributed by atoms with Crippen molar-refractivity contribution >= 4 is 5.95 Å². The molecule has 128 valence electrons. The molecule has 6 nitrogen and oxygen atoms in total. The highest BCUT2D eigenvalue weighted by atomic mass is 16.3. The lowest BCUT2D eigenvalue weighted by atomic mass is 9.99. The molecule has 1 N–H and O–H groups in total. The SMILES string of the molecule is CN1CCN(c2ncc(CN3CCCCC3CCO)cn2)CC1. The zero-order chi connectivity index (χ0) is 16.1. The van der Waals surface area contributed by atoms with E-state index in [9.17, 15) is 5.11 Å². The van der Waals surface area contributed by atoms with E-state index >= 15 is 0 Å². The number of likely N-dealkylation sites (tertiary alicyclic amines) is 1. The van der Waals surface area contributed by atoms with Crippen LogP contribution in [0.4, 0.5) is 5.95 Å². The van der Waals surface area contributed by atoms with E-state index < -0.39 is 0 Å². The summed E-state index contributed by atoms with van der Waals surface area (Å²) in [4.78, 5) is 16.2. The van der Waals surface area contributed by atoms with Gasteiger partial charge in [-0.05, 0) is 32.9 Å². The topological polar surface area (TPSA) is 55.7 Å². The largest absolute Gasteiger partial charge is 0.396 e. The molecule has 6 heteroatoms. The second-order valence-corrected chi connectivity index (χ2v) is 6.81. The van der Waals surface area contributed by atoms with E-state index in [0.717, 1.165) is 51.6 Å². The molecule has 2 saturated heterocycles. The van der Waals surface area contributed by atoms with Crippen LogP contribution in [0.5, 0.6) is 0 Å². The smallest absolute Gasteiger partial charge is 0.225 e. The normalized spacial score (nSPS) is 24.1. The maximum Gasteiger partial charge on any atom is 0.225 e.